The predicted molar refractivity (Wildman–Crippen MR) is 85.2 cm³/mol. The molecular weight excluding hydrogens is 318 g/mol. The summed E-state index contributed by atoms with van der Waals surface area (Å²) in [6.45, 7) is 2.11. The Morgan fingerprint density at radius 1 is 1.30 bits per heavy atom. The van der Waals surface area contributed by atoms with Crippen LogP contribution < -0.4 is 15.4 Å². The van der Waals surface area contributed by atoms with E-state index in [1.165, 1.54) is 0 Å². The number of nitrogens with one attached hydrogen (secondary N) is 1. The van der Waals surface area contributed by atoms with Gasteiger partial charge in [0.2, 0.25) is 21.8 Å². The second-order valence-corrected chi connectivity index (χ2v) is 7.97. The number of nitrogens with two attached hydrogens (primary N) is 1. The van der Waals surface area contributed by atoms with Crippen LogP contribution in [0, 0.1) is 0 Å². The number of sulfonamides is 1. The zero-order valence-corrected chi connectivity index (χ0v) is 13.6. The molecule has 23 heavy (non-hydrogen) atoms. The molecule has 124 valence electrons. The van der Waals surface area contributed by atoms with E-state index in [1.54, 1.807) is 11.8 Å². The molecule has 0 bridgehead atoms. The summed E-state index contributed by atoms with van der Waals surface area (Å²) in [6.07, 6.45) is 1.17. The number of nitrogens with zero attached hydrogens (tertiary/aromatic N) is 1. The van der Waals surface area contributed by atoms with Gasteiger partial charge in [0.25, 0.3) is 0 Å². The van der Waals surface area contributed by atoms with Crippen molar-refractivity contribution in [2.24, 2.45) is 5.14 Å². The van der Waals surface area contributed by atoms with Crippen LogP contribution in [0.2, 0.25) is 0 Å². The van der Waals surface area contributed by atoms with E-state index < -0.39 is 26.7 Å². The van der Waals surface area contributed by atoms with Crippen molar-refractivity contribution in [2.75, 3.05) is 11.4 Å². The first-order chi connectivity index (χ1) is 10.8. The maximum absolute atomic E-state index is 12.6. The molecule has 1 aliphatic carbocycles. The molecule has 0 spiro atoms. The number of para-hydroxylation sites is 1. The third-order valence-corrected chi connectivity index (χ3v) is 6.22. The number of fused-ring (bicyclic) bond motifs is 1. The van der Waals surface area contributed by atoms with E-state index in [0.717, 1.165) is 17.7 Å². The Bertz CT molecular complexity index is 771. The molecule has 8 heteroatoms. The Balaban J connectivity index is 1.71. The van der Waals surface area contributed by atoms with Gasteiger partial charge in [-0.1, -0.05) is 18.2 Å². The maximum Gasteiger partial charge on any atom is 0.249 e. The van der Waals surface area contributed by atoms with Gasteiger partial charge in [-0.25, -0.2) is 13.6 Å². The molecular formula is C15H19N3O4S. The Labute approximate surface area is 134 Å². The summed E-state index contributed by atoms with van der Waals surface area (Å²) < 4.78 is 21.5. The van der Waals surface area contributed by atoms with Gasteiger partial charge in [0.05, 0.1) is 0 Å². The summed E-state index contributed by atoms with van der Waals surface area (Å²) in [5, 5.41) is 7.64. The molecule has 1 heterocycles. The predicted octanol–water partition coefficient (Wildman–Crippen LogP) is -0.0985. The molecule has 1 atom stereocenters. The minimum absolute atomic E-state index is 0.200. The fraction of sp³-hybridized carbons (Fsp3) is 0.467. The zero-order chi connectivity index (χ0) is 16.8. The minimum atomic E-state index is -3.97. The number of benzene rings is 1. The Hall–Kier alpha value is -1.93. The largest absolute Gasteiger partial charge is 0.343 e. The van der Waals surface area contributed by atoms with Gasteiger partial charge in [0.15, 0.2) is 4.75 Å². The van der Waals surface area contributed by atoms with Crippen molar-refractivity contribution in [2.45, 2.75) is 37.0 Å². The first-order valence-electron chi connectivity index (χ1n) is 7.49. The van der Waals surface area contributed by atoms with E-state index in [1.807, 2.05) is 24.3 Å². The molecule has 3 N–H and O–H groups in total. The topological polar surface area (TPSA) is 110 Å². The molecule has 0 aromatic heterocycles. The second kappa shape index (κ2) is 5.31. The molecule has 1 saturated carbocycles. The summed E-state index contributed by atoms with van der Waals surface area (Å²) in [5.41, 5.74) is 1.92. The lowest BCUT2D eigenvalue weighted by Crippen LogP contribution is -2.52. The van der Waals surface area contributed by atoms with Gasteiger partial charge < -0.3 is 10.2 Å². The summed E-state index contributed by atoms with van der Waals surface area (Å²) in [6, 6.07) is 6.79. The van der Waals surface area contributed by atoms with Gasteiger partial charge in [-0.2, -0.15) is 0 Å². The monoisotopic (exact) mass is 337 g/mol. The van der Waals surface area contributed by atoms with Crippen molar-refractivity contribution in [1.82, 2.24) is 5.32 Å². The maximum atomic E-state index is 12.6. The smallest absolute Gasteiger partial charge is 0.249 e. The summed E-state index contributed by atoms with van der Waals surface area (Å²) in [7, 11) is -3.97. The van der Waals surface area contributed by atoms with Crippen molar-refractivity contribution in [3.63, 3.8) is 0 Å². The number of rotatable bonds is 4. The lowest BCUT2D eigenvalue weighted by Gasteiger charge is -2.23. The number of primary sulfonamides is 1. The summed E-state index contributed by atoms with van der Waals surface area (Å²) in [4.78, 5) is 26.4. The molecule has 0 saturated heterocycles. The van der Waals surface area contributed by atoms with E-state index in [4.69, 9.17) is 5.14 Å². The highest BCUT2D eigenvalue weighted by atomic mass is 32.2. The van der Waals surface area contributed by atoms with Crippen LogP contribution in [0.4, 0.5) is 5.69 Å². The van der Waals surface area contributed by atoms with Crippen LogP contribution in [0.15, 0.2) is 24.3 Å². The number of amides is 2. The van der Waals surface area contributed by atoms with Crippen molar-refractivity contribution in [1.29, 1.82) is 0 Å². The number of carbonyl (C=O) groups excluding carboxylic acids is 2. The fourth-order valence-electron chi connectivity index (χ4n) is 2.95. The van der Waals surface area contributed by atoms with Crippen LogP contribution in [0.5, 0.6) is 0 Å². The van der Waals surface area contributed by atoms with Crippen molar-refractivity contribution in [3.05, 3.63) is 29.8 Å². The lowest BCUT2D eigenvalue weighted by molar-refractivity contribution is -0.127. The van der Waals surface area contributed by atoms with Crippen LogP contribution >= 0.6 is 0 Å². The molecule has 7 nitrogen and oxygen atoms in total. The molecule has 1 aromatic rings. The summed E-state index contributed by atoms with van der Waals surface area (Å²) >= 11 is 0. The third-order valence-electron chi connectivity index (χ3n) is 4.53. The van der Waals surface area contributed by atoms with Gasteiger partial charge in [0.1, 0.15) is 6.04 Å². The van der Waals surface area contributed by atoms with Gasteiger partial charge >= 0.3 is 0 Å². The van der Waals surface area contributed by atoms with Crippen LogP contribution in [-0.2, 0) is 26.0 Å². The highest BCUT2D eigenvalue weighted by molar-refractivity contribution is 7.91. The Morgan fingerprint density at radius 3 is 2.57 bits per heavy atom. The standard InChI is InChI=1S/C15H19N3O4S/c1-10(17-14(20)15(7-8-15)23(16,21)22)13(19)18-9-6-11-4-2-3-5-12(11)18/h2-5,10H,6-9H2,1H3,(H,17,20)(H2,16,21,22). The van der Waals surface area contributed by atoms with Crippen LogP contribution in [0.25, 0.3) is 0 Å². The number of anilines is 1. The average Bonchev–Trinajstić information content (AvgIpc) is 3.21. The van der Waals surface area contributed by atoms with E-state index in [9.17, 15) is 18.0 Å². The van der Waals surface area contributed by atoms with E-state index in [-0.39, 0.29) is 18.7 Å². The molecule has 3 rings (SSSR count). The average molecular weight is 337 g/mol. The number of hydrogen-bond acceptors (Lipinski definition) is 4. The lowest BCUT2D eigenvalue weighted by atomic mass is 10.2. The van der Waals surface area contributed by atoms with Gasteiger partial charge in [0, 0.05) is 12.2 Å². The molecule has 0 radical (unpaired) electrons. The molecule has 1 fully saturated rings. The van der Waals surface area contributed by atoms with Crippen molar-refractivity contribution < 1.29 is 18.0 Å². The first kappa shape index (κ1) is 15.9. The number of carbonyl (C=O) groups is 2. The van der Waals surface area contributed by atoms with Crippen LogP contribution in [-0.4, -0.2) is 37.6 Å². The molecule has 2 aliphatic rings. The summed E-state index contributed by atoms with van der Waals surface area (Å²) in [5.74, 6) is -0.943. The Kier molecular flexibility index (Phi) is 3.68. The zero-order valence-electron chi connectivity index (χ0n) is 12.8. The van der Waals surface area contributed by atoms with Gasteiger partial charge in [-0.05, 0) is 37.8 Å². The molecule has 1 aliphatic heterocycles. The van der Waals surface area contributed by atoms with Crippen LogP contribution in [0.3, 0.4) is 0 Å². The quantitative estimate of drug-likeness (QED) is 0.799. The SMILES string of the molecule is CC(NC(=O)C1(S(N)(=O)=O)CC1)C(=O)N1CCc2ccccc21. The van der Waals surface area contributed by atoms with Crippen molar-refractivity contribution in [3.8, 4) is 0 Å². The van der Waals surface area contributed by atoms with E-state index in [0.29, 0.717) is 6.54 Å². The third kappa shape index (κ3) is 2.61. The number of hydrogen-bond donors (Lipinski definition) is 2. The van der Waals surface area contributed by atoms with Gasteiger partial charge in [-0.3, -0.25) is 9.59 Å². The normalized spacial score (nSPS) is 19.8. The van der Waals surface area contributed by atoms with E-state index in [2.05, 4.69) is 5.32 Å². The minimum Gasteiger partial charge on any atom is -0.343 e. The highest BCUT2D eigenvalue weighted by Crippen LogP contribution is 2.42. The highest BCUT2D eigenvalue weighted by Gasteiger charge is 2.59. The molecule has 1 aromatic carbocycles. The van der Waals surface area contributed by atoms with Gasteiger partial charge in [-0.15, -0.1) is 0 Å². The second-order valence-electron chi connectivity index (χ2n) is 6.10. The molecule has 2 amide bonds. The van der Waals surface area contributed by atoms with E-state index >= 15 is 0 Å². The molecule has 1 unspecified atom stereocenters. The van der Waals surface area contributed by atoms with Crippen molar-refractivity contribution >= 4 is 27.5 Å². The first-order valence-corrected chi connectivity index (χ1v) is 9.03. The fourth-order valence-corrected chi connectivity index (χ4v) is 3.93. The Morgan fingerprint density at radius 2 is 1.96 bits per heavy atom. The van der Waals surface area contributed by atoms with Crippen LogP contribution in [0.1, 0.15) is 25.3 Å².